The molecule has 0 aliphatic rings. The van der Waals surface area contributed by atoms with Gasteiger partial charge in [-0.15, -0.1) is 0 Å². The van der Waals surface area contributed by atoms with Crippen LogP contribution in [0.3, 0.4) is 0 Å². The maximum atomic E-state index is 4.44. The standard InChI is InChI=1S/C20H26N6/c1-21-20(25(3)16-19-10-7-13-24(19)2)22-12-11-17-14-23-26(15-17)18-8-5-4-6-9-18/h4-10,13-15H,11-12,16H2,1-3H3,(H,21,22). The quantitative estimate of drug-likeness (QED) is 0.549. The Kier molecular flexibility index (Phi) is 5.73. The van der Waals surface area contributed by atoms with Gasteiger partial charge in [0.2, 0.25) is 0 Å². The van der Waals surface area contributed by atoms with E-state index >= 15 is 0 Å². The van der Waals surface area contributed by atoms with E-state index in [0.717, 1.165) is 31.2 Å². The van der Waals surface area contributed by atoms with Crippen LogP contribution in [0.2, 0.25) is 0 Å². The Hall–Kier alpha value is -3.02. The fourth-order valence-electron chi connectivity index (χ4n) is 2.89. The van der Waals surface area contributed by atoms with Crippen molar-refractivity contribution in [1.29, 1.82) is 0 Å². The number of hydrogen-bond acceptors (Lipinski definition) is 2. The van der Waals surface area contributed by atoms with Gasteiger partial charge in [0.25, 0.3) is 0 Å². The Bertz CT molecular complexity index is 846. The van der Waals surface area contributed by atoms with Gasteiger partial charge in [-0.05, 0) is 36.2 Å². The van der Waals surface area contributed by atoms with E-state index < -0.39 is 0 Å². The molecule has 136 valence electrons. The first-order valence-corrected chi connectivity index (χ1v) is 8.78. The van der Waals surface area contributed by atoms with Crippen molar-refractivity contribution in [3.63, 3.8) is 0 Å². The van der Waals surface area contributed by atoms with Gasteiger partial charge in [0.1, 0.15) is 0 Å². The van der Waals surface area contributed by atoms with Crippen molar-refractivity contribution in [2.24, 2.45) is 12.0 Å². The van der Waals surface area contributed by atoms with Crippen molar-refractivity contribution < 1.29 is 0 Å². The third-order valence-electron chi connectivity index (χ3n) is 4.38. The van der Waals surface area contributed by atoms with Gasteiger partial charge >= 0.3 is 0 Å². The molecule has 0 fully saturated rings. The van der Waals surface area contributed by atoms with Crippen LogP contribution >= 0.6 is 0 Å². The van der Waals surface area contributed by atoms with E-state index in [2.05, 4.69) is 75.6 Å². The van der Waals surface area contributed by atoms with Crippen LogP contribution in [0.25, 0.3) is 5.69 Å². The number of aromatic nitrogens is 3. The number of nitrogens with one attached hydrogen (secondary N) is 1. The molecule has 3 aromatic rings. The highest BCUT2D eigenvalue weighted by Gasteiger charge is 2.08. The number of aliphatic imine (C=N–C) groups is 1. The Morgan fingerprint density at radius 3 is 2.69 bits per heavy atom. The van der Waals surface area contributed by atoms with Crippen LogP contribution in [0.4, 0.5) is 0 Å². The van der Waals surface area contributed by atoms with Crippen LogP contribution in [-0.2, 0) is 20.0 Å². The van der Waals surface area contributed by atoms with Gasteiger partial charge in [-0.1, -0.05) is 18.2 Å². The molecule has 6 nitrogen and oxygen atoms in total. The first kappa shape index (κ1) is 17.8. The number of rotatable bonds is 6. The van der Waals surface area contributed by atoms with Gasteiger partial charge in [0.05, 0.1) is 18.4 Å². The van der Waals surface area contributed by atoms with Gasteiger partial charge in [-0.25, -0.2) is 4.68 Å². The normalized spacial score (nSPS) is 11.6. The van der Waals surface area contributed by atoms with E-state index in [4.69, 9.17) is 0 Å². The molecular formula is C20H26N6. The molecule has 2 heterocycles. The molecule has 0 bridgehead atoms. The Balaban J connectivity index is 1.52. The molecular weight excluding hydrogens is 324 g/mol. The maximum absolute atomic E-state index is 4.44. The fourth-order valence-corrected chi connectivity index (χ4v) is 2.89. The molecule has 0 unspecified atom stereocenters. The molecule has 0 saturated heterocycles. The molecule has 0 atom stereocenters. The first-order valence-electron chi connectivity index (χ1n) is 8.78. The monoisotopic (exact) mass is 350 g/mol. The van der Waals surface area contributed by atoms with Crippen molar-refractivity contribution in [3.8, 4) is 5.69 Å². The number of nitrogens with zero attached hydrogens (tertiary/aromatic N) is 5. The highest BCUT2D eigenvalue weighted by atomic mass is 15.3. The second-order valence-corrected chi connectivity index (χ2v) is 6.32. The maximum Gasteiger partial charge on any atom is 0.193 e. The van der Waals surface area contributed by atoms with Crippen LogP contribution in [0.1, 0.15) is 11.3 Å². The Labute approximate surface area is 154 Å². The molecule has 0 saturated carbocycles. The predicted octanol–water partition coefficient (Wildman–Crippen LogP) is 2.46. The van der Waals surface area contributed by atoms with Crippen molar-refractivity contribution in [2.75, 3.05) is 20.6 Å². The largest absolute Gasteiger partial charge is 0.356 e. The minimum Gasteiger partial charge on any atom is -0.356 e. The minimum absolute atomic E-state index is 0.810. The Morgan fingerprint density at radius 2 is 2.00 bits per heavy atom. The summed E-state index contributed by atoms with van der Waals surface area (Å²) < 4.78 is 4.04. The molecule has 3 rings (SSSR count). The number of hydrogen-bond donors (Lipinski definition) is 1. The average Bonchev–Trinajstić information content (AvgIpc) is 3.29. The van der Waals surface area contributed by atoms with Gasteiger partial charge in [0.15, 0.2) is 5.96 Å². The fraction of sp³-hybridized carbons (Fsp3) is 0.300. The average molecular weight is 350 g/mol. The lowest BCUT2D eigenvalue weighted by molar-refractivity contribution is 0.462. The molecule has 26 heavy (non-hydrogen) atoms. The molecule has 6 heteroatoms. The molecule has 0 amide bonds. The lowest BCUT2D eigenvalue weighted by Crippen LogP contribution is -2.39. The van der Waals surface area contributed by atoms with E-state index in [-0.39, 0.29) is 0 Å². The molecule has 0 aliphatic heterocycles. The van der Waals surface area contributed by atoms with Crippen LogP contribution < -0.4 is 5.32 Å². The van der Waals surface area contributed by atoms with E-state index in [1.165, 1.54) is 11.3 Å². The van der Waals surface area contributed by atoms with E-state index in [1.54, 1.807) is 0 Å². The van der Waals surface area contributed by atoms with Crippen LogP contribution in [0.15, 0.2) is 66.0 Å². The highest BCUT2D eigenvalue weighted by Crippen LogP contribution is 2.08. The lowest BCUT2D eigenvalue weighted by atomic mass is 10.2. The third kappa shape index (κ3) is 4.33. The van der Waals surface area contributed by atoms with E-state index in [1.807, 2.05) is 36.1 Å². The summed E-state index contributed by atoms with van der Waals surface area (Å²) in [4.78, 5) is 6.51. The first-order chi connectivity index (χ1) is 12.7. The molecule has 1 N–H and O–H groups in total. The van der Waals surface area contributed by atoms with Crippen molar-refractivity contribution >= 4 is 5.96 Å². The van der Waals surface area contributed by atoms with Crippen LogP contribution in [0, 0.1) is 0 Å². The zero-order chi connectivity index (χ0) is 18.4. The van der Waals surface area contributed by atoms with Gasteiger partial charge in [-0.2, -0.15) is 5.10 Å². The zero-order valence-electron chi connectivity index (χ0n) is 15.6. The summed E-state index contributed by atoms with van der Waals surface area (Å²) in [5.74, 6) is 0.890. The summed E-state index contributed by atoms with van der Waals surface area (Å²) in [5.41, 5.74) is 3.52. The van der Waals surface area contributed by atoms with Crippen LogP contribution in [0.5, 0.6) is 0 Å². The third-order valence-corrected chi connectivity index (χ3v) is 4.38. The van der Waals surface area contributed by atoms with Gasteiger partial charge in [-0.3, -0.25) is 4.99 Å². The molecule has 2 aromatic heterocycles. The van der Waals surface area contributed by atoms with Crippen molar-refractivity contribution in [2.45, 2.75) is 13.0 Å². The lowest BCUT2D eigenvalue weighted by Gasteiger charge is -2.22. The minimum atomic E-state index is 0.810. The summed E-state index contributed by atoms with van der Waals surface area (Å²) in [7, 11) is 5.93. The second kappa shape index (κ2) is 8.38. The van der Waals surface area contributed by atoms with E-state index in [0.29, 0.717) is 0 Å². The number of para-hydroxylation sites is 1. The summed E-state index contributed by atoms with van der Waals surface area (Å²) in [6, 6.07) is 14.3. The van der Waals surface area contributed by atoms with Crippen molar-refractivity contribution in [3.05, 3.63) is 72.3 Å². The smallest absolute Gasteiger partial charge is 0.193 e. The Morgan fingerprint density at radius 1 is 1.19 bits per heavy atom. The molecule has 0 aliphatic carbocycles. The number of aryl methyl sites for hydroxylation is 1. The second-order valence-electron chi connectivity index (χ2n) is 6.32. The predicted molar refractivity (Wildman–Crippen MR) is 106 cm³/mol. The highest BCUT2D eigenvalue weighted by molar-refractivity contribution is 5.79. The summed E-state index contributed by atoms with van der Waals surface area (Å²) in [5, 5.41) is 7.87. The number of benzene rings is 1. The molecule has 1 aromatic carbocycles. The zero-order valence-corrected chi connectivity index (χ0v) is 15.6. The summed E-state index contributed by atoms with van der Waals surface area (Å²) >= 11 is 0. The van der Waals surface area contributed by atoms with Gasteiger partial charge < -0.3 is 14.8 Å². The summed E-state index contributed by atoms with van der Waals surface area (Å²) in [6.45, 7) is 1.62. The van der Waals surface area contributed by atoms with Crippen LogP contribution in [-0.4, -0.2) is 45.8 Å². The van der Waals surface area contributed by atoms with Crippen molar-refractivity contribution in [1.82, 2.24) is 24.6 Å². The molecule has 0 spiro atoms. The van der Waals surface area contributed by atoms with Gasteiger partial charge in [0, 0.05) is 45.8 Å². The number of guanidine groups is 1. The summed E-state index contributed by atoms with van der Waals surface area (Å²) in [6.07, 6.45) is 6.95. The molecule has 0 radical (unpaired) electrons. The topological polar surface area (TPSA) is 50.4 Å². The van der Waals surface area contributed by atoms with E-state index in [9.17, 15) is 0 Å². The SMILES string of the molecule is CN=C(NCCc1cnn(-c2ccccc2)c1)N(C)Cc1cccn1C.